The van der Waals surface area contributed by atoms with E-state index in [1.807, 2.05) is 0 Å². The lowest BCUT2D eigenvalue weighted by Gasteiger charge is -2.29. The molecule has 0 atom stereocenters. The fourth-order valence-corrected chi connectivity index (χ4v) is 2.38. The molecule has 2 nitrogen and oxygen atoms in total. The molecule has 104 valence electrons. The summed E-state index contributed by atoms with van der Waals surface area (Å²) in [6.45, 7) is 1.89. The number of hydrogen-bond donors (Lipinski definition) is 0. The molecular weight excluding hydrogens is 248 g/mol. The lowest BCUT2D eigenvalue weighted by molar-refractivity contribution is 0.234. The minimum atomic E-state index is -0.487. The predicted octanol–water partition coefficient (Wildman–Crippen LogP) is 3.61. The Kier molecular flexibility index (Phi) is 4.91. The summed E-state index contributed by atoms with van der Waals surface area (Å²) >= 11 is 0. The van der Waals surface area contributed by atoms with Gasteiger partial charge in [0.25, 0.3) is 0 Å². The molecule has 0 aliphatic carbocycles. The molecule has 2 rings (SSSR count). The second-order valence-corrected chi connectivity index (χ2v) is 4.74. The van der Waals surface area contributed by atoms with Crippen molar-refractivity contribution >= 4 is 11.8 Å². The summed E-state index contributed by atoms with van der Waals surface area (Å²) in [6, 6.07) is 2.75. The number of hydrogen-bond acceptors (Lipinski definition) is 2. The van der Waals surface area contributed by atoms with Crippen molar-refractivity contribution in [2.75, 3.05) is 31.7 Å². The predicted molar refractivity (Wildman–Crippen MR) is 73.3 cm³/mol. The first-order chi connectivity index (χ1) is 9.22. The highest BCUT2D eigenvalue weighted by atomic mass is 19.1. The highest BCUT2D eigenvalue weighted by molar-refractivity contribution is 5.58. The zero-order chi connectivity index (χ0) is 13.7. The van der Waals surface area contributed by atoms with Crippen LogP contribution in [0.4, 0.5) is 14.5 Å². The molecule has 1 aromatic rings. The molecule has 1 aliphatic rings. The minimum absolute atomic E-state index is 0.114. The van der Waals surface area contributed by atoms with Crippen LogP contribution in [-0.4, -0.2) is 26.8 Å². The van der Waals surface area contributed by atoms with E-state index < -0.39 is 11.6 Å². The summed E-state index contributed by atoms with van der Waals surface area (Å²) in [5.41, 5.74) is 0.636. The molecule has 1 saturated heterocycles. The Morgan fingerprint density at radius 2 is 1.79 bits per heavy atom. The molecule has 0 radical (unpaired) electrons. The van der Waals surface area contributed by atoms with Crippen molar-refractivity contribution in [3.8, 4) is 0 Å². The van der Waals surface area contributed by atoms with Gasteiger partial charge in [-0.15, -0.1) is 0 Å². The quantitative estimate of drug-likeness (QED) is 0.826. The van der Waals surface area contributed by atoms with Gasteiger partial charge in [-0.2, -0.15) is 0 Å². The maximum absolute atomic E-state index is 14.1. The number of nitrogens with zero attached hydrogens (tertiary/aromatic N) is 1. The van der Waals surface area contributed by atoms with Gasteiger partial charge in [0.05, 0.1) is 6.61 Å². The fourth-order valence-electron chi connectivity index (χ4n) is 2.38. The molecule has 1 heterocycles. The Morgan fingerprint density at radius 1 is 1.16 bits per heavy atom. The lowest BCUT2D eigenvalue weighted by atomic mass is 10.1. The fraction of sp³-hybridized carbons (Fsp3) is 0.467. The summed E-state index contributed by atoms with van der Waals surface area (Å²) in [4.78, 5) is 1.80. The first-order valence-corrected chi connectivity index (χ1v) is 6.62. The van der Waals surface area contributed by atoms with Crippen LogP contribution in [0, 0.1) is 11.6 Å². The first-order valence-electron chi connectivity index (χ1n) is 6.62. The number of anilines is 1. The third-order valence-corrected chi connectivity index (χ3v) is 3.28. The van der Waals surface area contributed by atoms with Gasteiger partial charge in [-0.05, 0) is 37.0 Å². The zero-order valence-corrected chi connectivity index (χ0v) is 11.2. The Bertz CT molecular complexity index is 430. The molecule has 1 fully saturated rings. The van der Waals surface area contributed by atoms with Crippen molar-refractivity contribution in [2.45, 2.75) is 19.3 Å². The van der Waals surface area contributed by atoms with Crippen LogP contribution in [0.2, 0.25) is 0 Å². The van der Waals surface area contributed by atoms with E-state index in [4.69, 9.17) is 4.74 Å². The molecule has 4 heteroatoms. The normalized spacial score (nSPS) is 16.3. The van der Waals surface area contributed by atoms with E-state index in [9.17, 15) is 8.78 Å². The first kappa shape index (κ1) is 14.0. The Morgan fingerprint density at radius 3 is 2.37 bits per heavy atom. The van der Waals surface area contributed by atoms with E-state index in [2.05, 4.69) is 0 Å². The summed E-state index contributed by atoms with van der Waals surface area (Å²) in [6.07, 6.45) is 6.52. The summed E-state index contributed by atoms with van der Waals surface area (Å²) in [5, 5.41) is 0. The van der Waals surface area contributed by atoms with Crippen molar-refractivity contribution < 1.29 is 13.5 Å². The highest BCUT2D eigenvalue weighted by Crippen LogP contribution is 2.28. The molecular formula is C15H19F2NO. The van der Waals surface area contributed by atoms with Gasteiger partial charge in [-0.25, -0.2) is 8.78 Å². The number of rotatable bonds is 4. The van der Waals surface area contributed by atoms with Crippen molar-refractivity contribution in [3.63, 3.8) is 0 Å². The van der Waals surface area contributed by atoms with Gasteiger partial charge >= 0.3 is 0 Å². The lowest BCUT2D eigenvalue weighted by Crippen LogP contribution is -2.31. The van der Waals surface area contributed by atoms with Crippen molar-refractivity contribution in [1.82, 2.24) is 0 Å². The van der Waals surface area contributed by atoms with E-state index in [0.29, 0.717) is 12.2 Å². The topological polar surface area (TPSA) is 12.5 Å². The standard InChI is InChI=1S/C15H19F2NO/c1-19-9-5-6-12-10-13(16)15(14(17)11-12)18-7-3-2-4-8-18/h5-6,10-11H,2-4,7-9H2,1H3/b6-5+. The van der Waals surface area contributed by atoms with E-state index in [0.717, 1.165) is 32.4 Å². The number of methoxy groups -OCH3 is 1. The van der Waals surface area contributed by atoms with Gasteiger partial charge in [0.15, 0.2) is 0 Å². The smallest absolute Gasteiger partial charge is 0.150 e. The van der Waals surface area contributed by atoms with Crippen LogP contribution in [0.1, 0.15) is 24.8 Å². The van der Waals surface area contributed by atoms with E-state index in [-0.39, 0.29) is 5.69 Å². The van der Waals surface area contributed by atoms with Crippen molar-refractivity contribution in [1.29, 1.82) is 0 Å². The van der Waals surface area contributed by atoms with Gasteiger partial charge in [0.2, 0.25) is 0 Å². The van der Waals surface area contributed by atoms with Crippen LogP contribution in [0.5, 0.6) is 0 Å². The molecule has 0 amide bonds. The molecule has 0 spiro atoms. The molecule has 19 heavy (non-hydrogen) atoms. The molecule has 0 aromatic heterocycles. The number of halogens is 2. The maximum Gasteiger partial charge on any atom is 0.150 e. The average molecular weight is 267 g/mol. The summed E-state index contributed by atoms with van der Waals surface area (Å²) in [7, 11) is 1.57. The van der Waals surface area contributed by atoms with E-state index in [1.54, 1.807) is 24.2 Å². The monoisotopic (exact) mass is 267 g/mol. The molecule has 1 aromatic carbocycles. The molecule has 0 saturated carbocycles. The van der Waals surface area contributed by atoms with Crippen LogP contribution in [0.3, 0.4) is 0 Å². The third kappa shape index (κ3) is 3.53. The Labute approximate surface area is 112 Å². The van der Waals surface area contributed by atoms with E-state index in [1.165, 1.54) is 12.1 Å². The van der Waals surface area contributed by atoms with Crippen LogP contribution < -0.4 is 4.90 Å². The van der Waals surface area contributed by atoms with Crippen LogP contribution in [0.15, 0.2) is 18.2 Å². The zero-order valence-electron chi connectivity index (χ0n) is 11.2. The SMILES string of the molecule is COC/C=C/c1cc(F)c(N2CCCCC2)c(F)c1. The van der Waals surface area contributed by atoms with Crippen molar-refractivity contribution in [2.24, 2.45) is 0 Å². The number of piperidine rings is 1. The summed E-state index contributed by atoms with van der Waals surface area (Å²) in [5.74, 6) is -0.974. The van der Waals surface area contributed by atoms with Gasteiger partial charge in [0.1, 0.15) is 17.3 Å². The van der Waals surface area contributed by atoms with Crippen molar-refractivity contribution in [3.05, 3.63) is 35.4 Å². The molecule has 0 bridgehead atoms. The van der Waals surface area contributed by atoms with Gasteiger partial charge in [0, 0.05) is 20.2 Å². The average Bonchev–Trinajstić information content (AvgIpc) is 2.39. The van der Waals surface area contributed by atoms with Gasteiger partial charge < -0.3 is 9.64 Å². The van der Waals surface area contributed by atoms with Crippen LogP contribution in [0.25, 0.3) is 6.08 Å². The van der Waals surface area contributed by atoms with E-state index >= 15 is 0 Å². The molecule has 1 aliphatic heterocycles. The van der Waals surface area contributed by atoms with Crippen LogP contribution in [-0.2, 0) is 4.74 Å². The Hall–Kier alpha value is -1.42. The highest BCUT2D eigenvalue weighted by Gasteiger charge is 2.19. The second kappa shape index (κ2) is 6.66. The number of ether oxygens (including phenoxy) is 1. The van der Waals surface area contributed by atoms with Gasteiger partial charge in [-0.1, -0.05) is 12.2 Å². The van der Waals surface area contributed by atoms with Crippen LogP contribution >= 0.6 is 0 Å². The third-order valence-electron chi connectivity index (χ3n) is 3.28. The molecule has 0 unspecified atom stereocenters. The molecule has 0 N–H and O–H groups in total. The Balaban J connectivity index is 2.21. The summed E-state index contributed by atoms with van der Waals surface area (Å²) < 4.78 is 33.0. The minimum Gasteiger partial charge on any atom is -0.381 e. The largest absolute Gasteiger partial charge is 0.381 e. The number of benzene rings is 1. The maximum atomic E-state index is 14.1. The second-order valence-electron chi connectivity index (χ2n) is 4.74. The van der Waals surface area contributed by atoms with Gasteiger partial charge in [-0.3, -0.25) is 0 Å².